The van der Waals surface area contributed by atoms with E-state index in [2.05, 4.69) is 176 Å². The second-order valence-corrected chi connectivity index (χ2v) is 15.6. The van der Waals surface area contributed by atoms with Crippen LogP contribution in [0.2, 0.25) is 0 Å². The largest absolute Gasteiger partial charge is 0.236 e. The summed E-state index contributed by atoms with van der Waals surface area (Å²) in [5.41, 5.74) is 9.29. The standard InChI is InChI=1S/C49H29N3S2/c1-2-12-30(13-3-1)33-14-10-15-34(28-33)41-29-42(39-21-11-20-38-35-16-6-8-22-43(35)53-47(38)39)51-48(50-41)32-26-24-31(25-27-32)46-37-18-5-4-17-36(37)45-40-19-7-9-23-44(40)54-49(45)52-46/h1-29H. The molecular formula is C49H29N3S2. The highest BCUT2D eigenvalue weighted by atomic mass is 32.1. The number of hydrogen-bond acceptors (Lipinski definition) is 5. The van der Waals surface area contributed by atoms with E-state index in [1.54, 1.807) is 11.3 Å². The zero-order valence-corrected chi connectivity index (χ0v) is 30.5. The van der Waals surface area contributed by atoms with Gasteiger partial charge in [-0.2, -0.15) is 0 Å². The minimum Gasteiger partial charge on any atom is -0.236 e. The van der Waals surface area contributed by atoms with Crippen molar-refractivity contribution in [2.45, 2.75) is 0 Å². The van der Waals surface area contributed by atoms with Crippen LogP contribution in [0.5, 0.6) is 0 Å². The summed E-state index contributed by atoms with van der Waals surface area (Å²) in [6.07, 6.45) is 0. The maximum absolute atomic E-state index is 5.30. The Hall–Kier alpha value is -6.53. The van der Waals surface area contributed by atoms with Crippen LogP contribution in [0.15, 0.2) is 176 Å². The van der Waals surface area contributed by atoms with Gasteiger partial charge in [0.15, 0.2) is 5.82 Å². The number of thiophene rings is 2. The third kappa shape index (κ3) is 5.12. The van der Waals surface area contributed by atoms with Crippen molar-refractivity contribution < 1.29 is 0 Å². The molecule has 4 heterocycles. The molecule has 54 heavy (non-hydrogen) atoms. The molecule has 5 heteroatoms. The van der Waals surface area contributed by atoms with Gasteiger partial charge in [-0.3, -0.25) is 0 Å². The van der Waals surface area contributed by atoms with Crippen LogP contribution >= 0.6 is 22.7 Å². The number of hydrogen-bond donors (Lipinski definition) is 0. The molecule has 0 bridgehead atoms. The average Bonchev–Trinajstić information content (AvgIpc) is 3.82. The van der Waals surface area contributed by atoms with Crippen molar-refractivity contribution in [3.05, 3.63) is 176 Å². The molecule has 0 saturated heterocycles. The van der Waals surface area contributed by atoms with Gasteiger partial charge in [-0.25, -0.2) is 15.0 Å². The van der Waals surface area contributed by atoms with Gasteiger partial charge < -0.3 is 0 Å². The molecular weight excluding hydrogens is 695 g/mol. The number of nitrogens with zero attached hydrogens (tertiary/aromatic N) is 3. The molecule has 11 rings (SSSR count). The van der Waals surface area contributed by atoms with Crippen LogP contribution in [0.4, 0.5) is 0 Å². The minimum atomic E-state index is 0.690. The molecule has 0 aliphatic rings. The van der Waals surface area contributed by atoms with Crippen LogP contribution in [0.3, 0.4) is 0 Å². The van der Waals surface area contributed by atoms with Crippen LogP contribution in [0, 0.1) is 0 Å². The number of aromatic nitrogens is 3. The Morgan fingerprint density at radius 1 is 0.352 bits per heavy atom. The van der Waals surface area contributed by atoms with Crippen LogP contribution in [0.25, 0.3) is 108 Å². The van der Waals surface area contributed by atoms with E-state index in [0.717, 1.165) is 55.1 Å². The van der Waals surface area contributed by atoms with Gasteiger partial charge in [-0.1, -0.05) is 152 Å². The molecule has 0 unspecified atom stereocenters. The van der Waals surface area contributed by atoms with E-state index in [0.29, 0.717) is 5.82 Å². The molecule has 11 aromatic rings. The lowest BCUT2D eigenvalue weighted by molar-refractivity contribution is 1.19. The van der Waals surface area contributed by atoms with Crippen molar-refractivity contribution in [1.82, 2.24) is 15.0 Å². The third-order valence-corrected chi connectivity index (χ3v) is 12.6. The predicted molar refractivity (Wildman–Crippen MR) is 230 cm³/mol. The molecule has 0 spiro atoms. The lowest BCUT2D eigenvalue weighted by Gasteiger charge is -2.12. The fourth-order valence-electron chi connectivity index (χ4n) is 7.74. The van der Waals surface area contributed by atoms with Crippen molar-refractivity contribution in [2.24, 2.45) is 0 Å². The Labute approximate surface area is 319 Å². The minimum absolute atomic E-state index is 0.690. The van der Waals surface area contributed by atoms with Gasteiger partial charge in [0.1, 0.15) is 4.83 Å². The van der Waals surface area contributed by atoms with E-state index in [4.69, 9.17) is 15.0 Å². The molecule has 4 aromatic heterocycles. The zero-order chi connectivity index (χ0) is 35.6. The summed E-state index contributed by atoms with van der Waals surface area (Å²) >= 11 is 3.58. The normalized spacial score (nSPS) is 11.7. The second-order valence-electron chi connectivity index (χ2n) is 13.6. The Bertz CT molecular complexity index is 3210. The van der Waals surface area contributed by atoms with E-state index in [1.807, 2.05) is 11.3 Å². The second kappa shape index (κ2) is 12.6. The van der Waals surface area contributed by atoms with E-state index in [-0.39, 0.29) is 0 Å². The number of fused-ring (bicyclic) bond motifs is 8. The van der Waals surface area contributed by atoms with Crippen LogP contribution in [-0.4, -0.2) is 15.0 Å². The molecule has 0 aliphatic heterocycles. The van der Waals surface area contributed by atoms with Gasteiger partial charge in [0.05, 0.1) is 17.1 Å². The Kier molecular flexibility index (Phi) is 7.22. The van der Waals surface area contributed by atoms with Crippen molar-refractivity contribution >= 4 is 73.9 Å². The van der Waals surface area contributed by atoms with Crippen LogP contribution in [-0.2, 0) is 0 Å². The summed E-state index contributed by atoms with van der Waals surface area (Å²) in [6.45, 7) is 0. The van der Waals surface area contributed by atoms with Gasteiger partial charge in [0.2, 0.25) is 0 Å². The summed E-state index contributed by atoms with van der Waals surface area (Å²) in [7, 11) is 0. The molecule has 0 atom stereocenters. The quantitative estimate of drug-likeness (QED) is 0.177. The number of rotatable bonds is 5. The topological polar surface area (TPSA) is 38.7 Å². The summed E-state index contributed by atoms with van der Waals surface area (Å²) in [4.78, 5) is 16.9. The van der Waals surface area contributed by atoms with E-state index < -0.39 is 0 Å². The van der Waals surface area contributed by atoms with E-state index in [1.165, 1.54) is 46.6 Å². The molecule has 7 aromatic carbocycles. The van der Waals surface area contributed by atoms with Crippen molar-refractivity contribution in [3.8, 4) is 56.3 Å². The summed E-state index contributed by atoms with van der Waals surface area (Å²) in [5.74, 6) is 0.690. The summed E-state index contributed by atoms with van der Waals surface area (Å²) in [6, 6.07) is 62.4. The average molecular weight is 724 g/mol. The third-order valence-electron chi connectivity index (χ3n) is 10.3. The lowest BCUT2D eigenvalue weighted by atomic mass is 9.99. The van der Waals surface area contributed by atoms with Gasteiger partial charge in [0.25, 0.3) is 0 Å². The van der Waals surface area contributed by atoms with Gasteiger partial charge >= 0.3 is 0 Å². The molecule has 252 valence electrons. The van der Waals surface area contributed by atoms with Crippen LogP contribution in [0.1, 0.15) is 0 Å². The number of pyridine rings is 1. The Balaban J connectivity index is 1.07. The fraction of sp³-hybridized carbons (Fsp3) is 0. The smallest absolute Gasteiger partial charge is 0.160 e. The Morgan fingerprint density at radius 3 is 1.80 bits per heavy atom. The molecule has 0 saturated carbocycles. The van der Waals surface area contributed by atoms with Crippen LogP contribution < -0.4 is 0 Å². The van der Waals surface area contributed by atoms with Gasteiger partial charge in [-0.15, -0.1) is 22.7 Å². The van der Waals surface area contributed by atoms with E-state index in [9.17, 15) is 0 Å². The lowest BCUT2D eigenvalue weighted by Crippen LogP contribution is -1.96. The highest BCUT2D eigenvalue weighted by Crippen LogP contribution is 2.42. The maximum atomic E-state index is 5.30. The molecule has 0 fully saturated rings. The molecule has 0 aliphatic carbocycles. The number of benzene rings is 7. The Morgan fingerprint density at radius 2 is 0.963 bits per heavy atom. The first-order chi connectivity index (χ1) is 26.7. The van der Waals surface area contributed by atoms with Crippen molar-refractivity contribution in [1.29, 1.82) is 0 Å². The highest BCUT2D eigenvalue weighted by Gasteiger charge is 2.18. The van der Waals surface area contributed by atoms with E-state index >= 15 is 0 Å². The van der Waals surface area contributed by atoms with Crippen molar-refractivity contribution in [3.63, 3.8) is 0 Å². The van der Waals surface area contributed by atoms with Gasteiger partial charge in [-0.05, 0) is 40.8 Å². The molecule has 0 amide bonds. The highest BCUT2D eigenvalue weighted by molar-refractivity contribution is 7.26. The monoisotopic (exact) mass is 723 g/mol. The predicted octanol–water partition coefficient (Wildman–Crippen LogP) is 14.1. The first kappa shape index (κ1) is 31.0. The molecule has 0 radical (unpaired) electrons. The maximum Gasteiger partial charge on any atom is 0.160 e. The first-order valence-electron chi connectivity index (χ1n) is 18.0. The zero-order valence-electron chi connectivity index (χ0n) is 28.9. The molecule has 3 nitrogen and oxygen atoms in total. The summed E-state index contributed by atoms with van der Waals surface area (Å²) < 4.78 is 3.76. The fourth-order valence-corrected chi connectivity index (χ4v) is 10.1. The van der Waals surface area contributed by atoms with Crippen molar-refractivity contribution in [2.75, 3.05) is 0 Å². The first-order valence-corrected chi connectivity index (χ1v) is 19.6. The summed E-state index contributed by atoms with van der Waals surface area (Å²) in [5, 5.41) is 7.39. The van der Waals surface area contributed by atoms with Gasteiger partial charge in [0, 0.05) is 63.3 Å². The SMILES string of the molecule is c1ccc(-c2cccc(-c3cc(-c4cccc5c4sc4ccccc45)nc(-c4ccc(-c5nc6sc7ccccc7c6c6ccccc56)cc4)n3)c2)cc1. The molecule has 0 N–H and O–H groups in total.